The lowest BCUT2D eigenvalue weighted by Crippen LogP contribution is -2.47. The summed E-state index contributed by atoms with van der Waals surface area (Å²) in [5, 5.41) is 4.64. The van der Waals surface area contributed by atoms with Crippen LogP contribution in [0.15, 0.2) is 18.2 Å². The van der Waals surface area contributed by atoms with E-state index in [0.29, 0.717) is 0 Å². The molecule has 9 nitrogen and oxygen atoms in total. The van der Waals surface area contributed by atoms with Crippen LogP contribution in [0.1, 0.15) is 41.5 Å². The van der Waals surface area contributed by atoms with Crippen LogP contribution >= 0.6 is 0 Å². The Morgan fingerprint density at radius 2 is 1.38 bits per heavy atom. The SMILES string of the molecule is COC(=O)c1cc(O[C@H](C)C(=O)NC(=O)NC(C)C)cc(C(=O)OC)c1. The molecule has 142 valence electrons. The van der Waals surface area contributed by atoms with Crippen LogP contribution in [0.3, 0.4) is 0 Å². The lowest BCUT2D eigenvalue weighted by atomic mass is 10.1. The number of amides is 3. The molecule has 0 aliphatic carbocycles. The average molecular weight is 366 g/mol. The molecule has 1 aromatic rings. The highest BCUT2D eigenvalue weighted by atomic mass is 16.5. The summed E-state index contributed by atoms with van der Waals surface area (Å²) in [5.41, 5.74) is 0.103. The fourth-order valence-electron chi connectivity index (χ4n) is 1.91. The fraction of sp³-hybridized carbons (Fsp3) is 0.412. The zero-order valence-electron chi connectivity index (χ0n) is 15.2. The molecule has 0 unspecified atom stereocenters. The molecule has 0 aliphatic rings. The van der Waals surface area contributed by atoms with E-state index in [2.05, 4.69) is 20.1 Å². The van der Waals surface area contributed by atoms with E-state index in [4.69, 9.17) is 4.74 Å². The van der Waals surface area contributed by atoms with Crippen LogP contribution in [0.25, 0.3) is 0 Å². The molecule has 3 amide bonds. The van der Waals surface area contributed by atoms with E-state index in [1.54, 1.807) is 13.8 Å². The highest BCUT2D eigenvalue weighted by Crippen LogP contribution is 2.20. The van der Waals surface area contributed by atoms with Gasteiger partial charge >= 0.3 is 18.0 Å². The van der Waals surface area contributed by atoms with E-state index in [1.165, 1.54) is 39.3 Å². The van der Waals surface area contributed by atoms with Gasteiger partial charge in [-0.3, -0.25) is 10.1 Å². The second-order valence-corrected chi connectivity index (χ2v) is 5.61. The van der Waals surface area contributed by atoms with Gasteiger partial charge in [-0.15, -0.1) is 0 Å². The highest BCUT2D eigenvalue weighted by molar-refractivity contribution is 5.97. The van der Waals surface area contributed by atoms with Crippen molar-refractivity contribution in [1.82, 2.24) is 10.6 Å². The number of imide groups is 1. The van der Waals surface area contributed by atoms with Gasteiger partial charge in [-0.2, -0.15) is 0 Å². The third-order valence-electron chi connectivity index (χ3n) is 3.09. The Morgan fingerprint density at radius 1 is 0.885 bits per heavy atom. The Morgan fingerprint density at radius 3 is 1.81 bits per heavy atom. The fourth-order valence-corrected chi connectivity index (χ4v) is 1.91. The van der Waals surface area contributed by atoms with Crippen molar-refractivity contribution in [2.45, 2.75) is 32.9 Å². The van der Waals surface area contributed by atoms with Gasteiger partial charge in [0.25, 0.3) is 5.91 Å². The Kier molecular flexibility index (Phi) is 7.57. The number of carbonyl (C=O) groups excluding carboxylic acids is 4. The number of hydrogen-bond donors (Lipinski definition) is 2. The maximum Gasteiger partial charge on any atom is 0.338 e. The first-order valence-electron chi connectivity index (χ1n) is 7.77. The Hall–Kier alpha value is -3.10. The molecule has 9 heteroatoms. The van der Waals surface area contributed by atoms with Crippen molar-refractivity contribution in [2.24, 2.45) is 0 Å². The van der Waals surface area contributed by atoms with Crippen LogP contribution in [0.2, 0.25) is 0 Å². The first kappa shape index (κ1) is 20.9. The molecule has 0 saturated carbocycles. The average Bonchev–Trinajstić information content (AvgIpc) is 2.58. The molecular formula is C17H22N2O7. The van der Waals surface area contributed by atoms with Gasteiger partial charge in [-0.1, -0.05) is 0 Å². The van der Waals surface area contributed by atoms with Gasteiger partial charge in [-0.05, 0) is 39.0 Å². The van der Waals surface area contributed by atoms with Gasteiger partial charge in [0.05, 0.1) is 25.3 Å². The van der Waals surface area contributed by atoms with Crippen molar-refractivity contribution in [1.29, 1.82) is 0 Å². The molecule has 0 aliphatic heterocycles. The van der Waals surface area contributed by atoms with Crippen molar-refractivity contribution in [3.63, 3.8) is 0 Å². The summed E-state index contributed by atoms with van der Waals surface area (Å²) >= 11 is 0. The summed E-state index contributed by atoms with van der Waals surface area (Å²) in [4.78, 5) is 47.0. The lowest BCUT2D eigenvalue weighted by molar-refractivity contribution is -0.126. The Labute approximate surface area is 151 Å². The number of methoxy groups -OCH3 is 2. The van der Waals surface area contributed by atoms with Crippen LogP contribution in [0.4, 0.5) is 4.79 Å². The number of rotatable bonds is 6. The number of nitrogens with one attached hydrogen (secondary N) is 2. The molecule has 1 rings (SSSR count). The van der Waals surface area contributed by atoms with E-state index in [-0.39, 0.29) is 22.9 Å². The van der Waals surface area contributed by atoms with Crippen LogP contribution in [-0.2, 0) is 14.3 Å². The zero-order chi connectivity index (χ0) is 19.9. The first-order chi connectivity index (χ1) is 12.2. The summed E-state index contributed by atoms with van der Waals surface area (Å²) in [6, 6.07) is 3.12. The smallest absolute Gasteiger partial charge is 0.338 e. The van der Waals surface area contributed by atoms with Gasteiger partial charge in [0.1, 0.15) is 5.75 Å². The number of esters is 2. The number of hydrogen-bond acceptors (Lipinski definition) is 7. The number of ether oxygens (including phenoxy) is 3. The molecule has 2 N–H and O–H groups in total. The number of carbonyl (C=O) groups is 4. The van der Waals surface area contributed by atoms with Crippen LogP contribution < -0.4 is 15.4 Å². The second-order valence-electron chi connectivity index (χ2n) is 5.61. The van der Waals surface area contributed by atoms with Gasteiger partial charge in [0, 0.05) is 6.04 Å². The molecule has 0 bridgehead atoms. The highest BCUT2D eigenvalue weighted by Gasteiger charge is 2.20. The third kappa shape index (κ3) is 6.08. The quantitative estimate of drug-likeness (QED) is 0.727. The molecular weight excluding hydrogens is 344 g/mol. The first-order valence-corrected chi connectivity index (χ1v) is 7.77. The van der Waals surface area contributed by atoms with Gasteiger partial charge in [-0.25, -0.2) is 14.4 Å². The normalized spacial score (nSPS) is 11.3. The molecule has 0 saturated heterocycles. The summed E-state index contributed by atoms with van der Waals surface area (Å²) in [5.74, 6) is -1.99. The topological polar surface area (TPSA) is 120 Å². The summed E-state index contributed by atoms with van der Waals surface area (Å²) in [6.45, 7) is 4.91. The van der Waals surface area contributed by atoms with Crippen LogP contribution in [-0.4, -0.2) is 50.2 Å². The van der Waals surface area contributed by atoms with Gasteiger partial charge in [0.15, 0.2) is 6.10 Å². The van der Waals surface area contributed by atoms with Crippen LogP contribution in [0, 0.1) is 0 Å². The molecule has 26 heavy (non-hydrogen) atoms. The van der Waals surface area contributed by atoms with Crippen molar-refractivity contribution in [3.8, 4) is 5.75 Å². The molecule has 0 heterocycles. The van der Waals surface area contributed by atoms with Crippen molar-refractivity contribution in [2.75, 3.05) is 14.2 Å². The predicted octanol–water partition coefficient (Wildman–Crippen LogP) is 1.26. The lowest BCUT2D eigenvalue weighted by Gasteiger charge is -2.16. The van der Waals surface area contributed by atoms with E-state index in [1.807, 2.05) is 0 Å². The summed E-state index contributed by atoms with van der Waals surface area (Å²) < 4.78 is 14.7. The molecule has 0 radical (unpaired) electrons. The zero-order valence-corrected chi connectivity index (χ0v) is 15.2. The summed E-state index contributed by atoms with van der Waals surface area (Å²) in [7, 11) is 2.38. The molecule has 1 atom stereocenters. The number of urea groups is 1. The van der Waals surface area contributed by atoms with E-state index >= 15 is 0 Å². The number of benzene rings is 1. The molecule has 1 aromatic carbocycles. The van der Waals surface area contributed by atoms with Gasteiger partial charge in [0.2, 0.25) is 0 Å². The minimum atomic E-state index is -1.06. The Balaban J connectivity index is 2.96. The molecule has 0 spiro atoms. The molecule has 0 fully saturated rings. The second kappa shape index (κ2) is 9.40. The largest absolute Gasteiger partial charge is 0.481 e. The minimum Gasteiger partial charge on any atom is -0.481 e. The van der Waals surface area contributed by atoms with Crippen molar-refractivity contribution >= 4 is 23.9 Å². The predicted molar refractivity (Wildman–Crippen MR) is 91.0 cm³/mol. The molecule has 0 aromatic heterocycles. The standard InChI is InChI=1S/C17H22N2O7/c1-9(2)18-17(23)19-14(20)10(3)26-13-7-11(15(21)24-4)6-12(8-13)16(22)25-5/h6-10H,1-5H3,(H2,18,19,20,23)/t10-/m1/s1. The monoisotopic (exact) mass is 366 g/mol. The van der Waals surface area contributed by atoms with Crippen molar-refractivity contribution in [3.05, 3.63) is 29.3 Å². The van der Waals surface area contributed by atoms with Crippen molar-refractivity contribution < 1.29 is 33.4 Å². The Bertz CT molecular complexity index is 666. The van der Waals surface area contributed by atoms with E-state index < -0.39 is 30.0 Å². The summed E-state index contributed by atoms with van der Waals surface area (Å²) in [6.07, 6.45) is -1.06. The maximum atomic E-state index is 12.0. The van der Waals surface area contributed by atoms with Crippen LogP contribution in [0.5, 0.6) is 5.75 Å². The maximum absolute atomic E-state index is 12.0. The third-order valence-corrected chi connectivity index (χ3v) is 3.09. The van der Waals surface area contributed by atoms with E-state index in [9.17, 15) is 19.2 Å². The van der Waals surface area contributed by atoms with E-state index in [0.717, 1.165) is 0 Å². The van der Waals surface area contributed by atoms with Gasteiger partial charge < -0.3 is 19.5 Å². The minimum absolute atomic E-state index is 0.0514.